The molecule has 0 amide bonds. The summed E-state index contributed by atoms with van der Waals surface area (Å²) in [4.78, 5) is 12.0. The number of benzene rings is 2. The maximum absolute atomic E-state index is 12.9. The summed E-state index contributed by atoms with van der Waals surface area (Å²) in [7, 11) is 0. The van der Waals surface area contributed by atoms with Crippen LogP contribution in [0.3, 0.4) is 0 Å². The number of aromatic amines is 1. The van der Waals surface area contributed by atoms with Crippen LogP contribution in [0, 0.1) is 0 Å². The molecule has 0 fully saturated rings. The molecule has 142 valence electrons. The fraction of sp³-hybridized carbons (Fsp3) is 0.125. The molecule has 0 aliphatic rings. The average molecular weight is 389 g/mol. The molecule has 2 aromatic carbocycles. The van der Waals surface area contributed by atoms with E-state index in [2.05, 4.69) is 5.10 Å². The highest BCUT2D eigenvalue weighted by Crippen LogP contribution is 2.35. The maximum Gasteiger partial charge on any atom is 0.416 e. The molecule has 2 N–H and O–H groups in total. The lowest BCUT2D eigenvalue weighted by Crippen LogP contribution is -2.17. The van der Waals surface area contributed by atoms with Gasteiger partial charge in [-0.1, -0.05) is 12.1 Å². The maximum atomic E-state index is 12.9. The van der Waals surface area contributed by atoms with Crippen molar-refractivity contribution < 1.29 is 31.4 Å². The number of rotatable bonds is 2. The van der Waals surface area contributed by atoms with Crippen LogP contribution in [-0.4, -0.2) is 19.9 Å². The summed E-state index contributed by atoms with van der Waals surface area (Å²) in [5.74, 6) is -0.900. The van der Waals surface area contributed by atoms with E-state index in [0.29, 0.717) is 16.7 Å². The Morgan fingerprint density at radius 1 is 0.889 bits per heavy atom. The van der Waals surface area contributed by atoms with Gasteiger partial charge in [-0.05, 0) is 30.3 Å². The summed E-state index contributed by atoms with van der Waals surface area (Å²) in [5, 5.41) is 15.5. The molecule has 1 heterocycles. The summed E-state index contributed by atoms with van der Waals surface area (Å²) >= 11 is 0. The molecule has 3 rings (SSSR count). The highest BCUT2D eigenvalue weighted by molar-refractivity contribution is 5.61. The van der Waals surface area contributed by atoms with E-state index in [0.717, 1.165) is 30.3 Å². The van der Waals surface area contributed by atoms with Gasteiger partial charge in [0.05, 0.1) is 16.8 Å². The number of halogens is 6. The van der Waals surface area contributed by atoms with Crippen molar-refractivity contribution in [2.45, 2.75) is 12.4 Å². The molecule has 0 atom stereocenters. The van der Waals surface area contributed by atoms with E-state index >= 15 is 0 Å². The summed E-state index contributed by atoms with van der Waals surface area (Å²) in [6, 6.07) is 5.44. The zero-order valence-electron chi connectivity index (χ0n) is 13.1. The third-order valence-corrected chi connectivity index (χ3v) is 3.69. The van der Waals surface area contributed by atoms with Gasteiger partial charge >= 0.3 is 18.0 Å². The zero-order valence-corrected chi connectivity index (χ0v) is 13.1. The van der Waals surface area contributed by atoms with Crippen LogP contribution in [0.5, 0.6) is 5.75 Å². The van der Waals surface area contributed by atoms with Gasteiger partial charge in [0.2, 0.25) is 0 Å². The number of aromatic nitrogens is 3. The second kappa shape index (κ2) is 6.18. The van der Waals surface area contributed by atoms with Crippen LogP contribution in [0.1, 0.15) is 11.1 Å². The number of hydrogen-bond acceptors (Lipinski definition) is 3. The molecule has 0 saturated heterocycles. The minimum Gasteiger partial charge on any atom is -0.506 e. The van der Waals surface area contributed by atoms with E-state index in [4.69, 9.17) is 0 Å². The Morgan fingerprint density at radius 3 is 2.00 bits per heavy atom. The van der Waals surface area contributed by atoms with Gasteiger partial charge < -0.3 is 5.11 Å². The predicted molar refractivity (Wildman–Crippen MR) is 81.3 cm³/mol. The second-order valence-corrected chi connectivity index (χ2v) is 5.46. The Morgan fingerprint density at radius 2 is 1.44 bits per heavy atom. The van der Waals surface area contributed by atoms with Crippen LogP contribution in [0.15, 0.2) is 47.3 Å². The first-order valence-corrected chi connectivity index (χ1v) is 7.24. The lowest BCUT2D eigenvalue weighted by molar-refractivity contribution is -0.138. The Kier molecular flexibility index (Phi) is 4.25. The van der Waals surface area contributed by atoms with Crippen molar-refractivity contribution in [3.05, 3.63) is 64.1 Å². The first-order valence-electron chi connectivity index (χ1n) is 7.24. The van der Waals surface area contributed by atoms with Crippen molar-refractivity contribution in [3.63, 3.8) is 0 Å². The average Bonchev–Trinajstić information content (AvgIpc) is 2.95. The van der Waals surface area contributed by atoms with Crippen molar-refractivity contribution in [3.8, 4) is 22.8 Å². The Bertz CT molecular complexity index is 1030. The van der Waals surface area contributed by atoms with Gasteiger partial charge in [-0.3, -0.25) is 0 Å². The van der Waals surface area contributed by atoms with Crippen LogP contribution in [-0.2, 0) is 12.4 Å². The molecule has 0 radical (unpaired) electrons. The van der Waals surface area contributed by atoms with E-state index in [1.807, 2.05) is 5.10 Å². The third-order valence-electron chi connectivity index (χ3n) is 3.69. The SMILES string of the molecule is O=c1[nH]nc(-c2ccc(C(F)(F)F)cc2)n1-c1cc(C(F)(F)F)ccc1O. The van der Waals surface area contributed by atoms with Gasteiger partial charge in [0, 0.05) is 5.56 Å². The fourth-order valence-corrected chi connectivity index (χ4v) is 2.40. The highest BCUT2D eigenvalue weighted by atomic mass is 19.4. The molecular formula is C16H9F6N3O2. The third kappa shape index (κ3) is 3.52. The smallest absolute Gasteiger partial charge is 0.416 e. The Labute approximate surface area is 146 Å². The number of H-pyrrole nitrogens is 1. The minimum absolute atomic E-state index is 0.0261. The van der Waals surface area contributed by atoms with Crippen molar-refractivity contribution in [2.75, 3.05) is 0 Å². The van der Waals surface area contributed by atoms with E-state index in [-0.39, 0.29) is 11.4 Å². The van der Waals surface area contributed by atoms with Gasteiger partial charge in [0.15, 0.2) is 5.82 Å². The van der Waals surface area contributed by atoms with E-state index in [1.165, 1.54) is 0 Å². The minimum atomic E-state index is -4.73. The number of alkyl halides is 6. The van der Waals surface area contributed by atoms with E-state index < -0.39 is 40.6 Å². The summed E-state index contributed by atoms with van der Waals surface area (Å²) < 4.78 is 77.4. The molecule has 0 spiro atoms. The van der Waals surface area contributed by atoms with Gasteiger partial charge in [-0.2, -0.15) is 31.4 Å². The summed E-state index contributed by atoms with van der Waals surface area (Å²) in [6.07, 6.45) is -9.31. The molecular weight excluding hydrogens is 380 g/mol. The molecule has 11 heteroatoms. The largest absolute Gasteiger partial charge is 0.506 e. The summed E-state index contributed by atoms with van der Waals surface area (Å²) in [5.41, 5.74) is -3.53. The number of aromatic hydroxyl groups is 1. The highest BCUT2D eigenvalue weighted by Gasteiger charge is 2.32. The zero-order chi connectivity index (χ0) is 20.0. The van der Waals surface area contributed by atoms with Gasteiger partial charge in [-0.25, -0.2) is 14.5 Å². The van der Waals surface area contributed by atoms with Gasteiger partial charge in [0.1, 0.15) is 5.75 Å². The standard InChI is InChI=1S/C16H9F6N3O2/c17-15(18,19)9-3-1-8(2-4-9)13-23-24-14(27)25(13)11-7-10(16(20,21)22)5-6-12(11)26/h1-7,26H,(H,24,27). The van der Waals surface area contributed by atoms with Crippen LogP contribution < -0.4 is 5.69 Å². The van der Waals surface area contributed by atoms with Crippen LogP contribution >= 0.6 is 0 Å². The number of nitrogens with zero attached hydrogens (tertiary/aromatic N) is 2. The molecule has 5 nitrogen and oxygen atoms in total. The molecule has 0 aliphatic heterocycles. The molecule has 0 aliphatic carbocycles. The first kappa shape index (κ1) is 18.5. The Hall–Kier alpha value is -3.24. The quantitative estimate of drug-likeness (QED) is 0.652. The van der Waals surface area contributed by atoms with Gasteiger partial charge in [-0.15, -0.1) is 0 Å². The van der Waals surface area contributed by atoms with Crippen molar-refractivity contribution in [1.82, 2.24) is 14.8 Å². The lowest BCUT2D eigenvalue weighted by Gasteiger charge is -2.12. The number of phenolic OH excluding ortho intramolecular Hbond substituents is 1. The number of nitrogens with one attached hydrogen (secondary N) is 1. The first-order chi connectivity index (χ1) is 12.5. The second-order valence-electron chi connectivity index (χ2n) is 5.46. The lowest BCUT2D eigenvalue weighted by atomic mass is 10.1. The topological polar surface area (TPSA) is 70.9 Å². The van der Waals surface area contributed by atoms with Crippen molar-refractivity contribution in [1.29, 1.82) is 0 Å². The van der Waals surface area contributed by atoms with Gasteiger partial charge in [0.25, 0.3) is 0 Å². The molecule has 3 aromatic rings. The van der Waals surface area contributed by atoms with Crippen molar-refractivity contribution in [2.24, 2.45) is 0 Å². The summed E-state index contributed by atoms with van der Waals surface area (Å²) in [6.45, 7) is 0. The Balaban J connectivity index is 2.16. The van der Waals surface area contributed by atoms with Crippen molar-refractivity contribution >= 4 is 0 Å². The molecule has 0 unspecified atom stereocenters. The molecule has 0 saturated carbocycles. The molecule has 27 heavy (non-hydrogen) atoms. The molecule has 1 aromatic heterocycles. The number of phenols is 1. The normalized spacial score (nSPS) is 12.4. The molecule has 0 bridgehead atoms. The van der Waals surface area contributed by atoms with E-state index in [9.17, 15) is 36.2 Å². The number of hydrogen-bond donors (Lipinski definition) is 2. The van der Waals surface area contributed by atoms with Crippen LogP contribution in [0.4, 0.5) is 26.3 Å². The van der Waals surface area contributed by atoms with Crippen LogP contribution in [0.2, 0.25) is 0 Å². The fourth-order valence-electron chi connectivity index (χ4n) is 2.40. The van der Waals surface area contributed by atoms with E-state index in [1.54, 1.807) is 0 Å². The monoisotopic (exact) mass is 389 g/mol. The predicted octanol–water partition coefficient (Wildman–Crippen LogP) is 3.97. The van der Waals surface area contributed by atoms with Crippen LogP contribution in [0.25, 0.3) is 17.1 Å².